The number of thiocarbonyl (C=S) groups is 1. The molecule has 6 heteroatoms. The number of carbonyl (C=O) groups excluding carboxylic acids is 1. The summed E-state index contributed by atoms with van der Waals surface area (Å²) in [6.07, 6.45) is 2.00. The SMILES string of the molecule is CCCCOc1ccccc1[C@H]1NC(=S)NC(c2ccccc2)=C1C(=O)Nc1ccc(C)cc1. The van der Waals surface area contributed by atoms with E-state index in [0.717, 1.165) is 41.0 Å². The van der Waals surface area contributed by atoms with Crippen molar-refractivity contribution in [1.82, 2.24) is 10.6 Å². The van der Waals surface area contributed by atoms with Gasteiger partial charge in [-0.3, -0.25) is 4.79 Å². The molecule has 0 unspecified atom stereocenters. The summed E-state index contributed by atoms with van der Waals surface area (Å²) in [5, 5.41) is 10.1. The Kier molecular flexibility index (Phi) is 7.60. The largest absolute Gasteiger partial charge is 0.493 e. The van der Waals surface area contributed by atoms with Gasteiger partial charge in [0.1, 0.15) is 5.75 Å². The second-order valence-electron chi connectivity index (χ2n) is 8.25. The van der Waals surface area contributed by atoms with E-state index < -0.39 is 6.04 Å². The second-order valence-corrected chi connectivity index (χ2v) is 8.65. The highest BCUT2D eigenvalue weighted by Gasteiger charge is 2.33. The van der Waals surface area contributed by atoms with Gasteiger partial charge in [0, 0.05) is 11.3 Å². The minimum atomic E-state index is -0.479. The second kappa shape index (κ2) is 11.0. The average Bonchev–Trinajstić information content (AvgIpc) is 2.86. The molecule has 0 radical (unpaired) electrons. The number of nitrogens with one attached hydrogen (secondary N) is 3. The molecular weight excluding hydrogens is 442 g/mol. The summed E-state index contributed by atoms with van der Waals surface area (Å²) < 4.78 is 6.11. The zero-order chi connectivity index (χ0) is 23.9. The zero-order valence-electron chi connectivity index (χ0n) is 19.4. The van der Waals surface area contributed by atoms with Crippen LogP contribution in [0.25, 0.3) is 5.70 Å². The van der Waals surface area contributed by atoms with Crippen LogP contribution in [0, 0.1) is 6.92 Å². The Labute approximate surface area is 206 Å². The molecule has 0 saturated carbocycles. The maximum absolute atomic E-state index is 13.8. The van der Waals surface area contributed by atoms with Crippen LogP contribution in [-0.4, -0.2) is 17.6 Å². The van der Waals surface area contributed by atoms with E-state index in [1.54, 1.807) is 0 Å². The van der Waals surface area contributed by atoms with Gasteiger partial charge in [-0.05, 0) is 49.3 Å². The molecule has 174 valence electrons. The van der Waals surface area contributed by atoms with E-state index in [4.69, 9.17) is 17.0 Å². The van der Waals surface area contributed by atoms with E-state index in [1.165, 1.54) is 0 Å². The van der Waals surface area contributed by atoms with Gasteiger partial charge in [0.05, 0.1) is 23.9 Å². The smallest absolute Gasteiger partial charge is 0.256 e. The normalized spacial score (nSPS) is 15.4. The standard InChI is InChI=1S/C28H29N3O2S/c1-3-4-18-33-23-13-9-8-12-22(23)26-24(27(32)29-21-16-14-19(2)15-17-21)25(30-28(34)31-26)20-10-6-5-7-11-20/h5-17,26H,3-4,18H2,1-2H3,(H,29,32)(H2,30,31,34)/t26-/m1/s1. The molecule has 1 amide bonds. The number of unbranched alkanes of at least 4 members (excludes halogenated alkanes) is 1. The van der Waals surface area contributed by atoms with Crippen LogP contribution in [0.15, 0.2) is 84.4 Å². The van der Waals surface area contributed by atoms with Crippen molar-refractivity contribution in [3.8, 4) is 5.75 Å². The lowest BCUT2D eigenvalue weighted by atomic mass is 9.91. The Morgan fingerprint density at radius 2 is 1.71 bits per heavy atom. The summed E-state index contributed by atoms with van der Waals surface area (Å²) in [7, 11) is 0. The summed E-state index contributed by atoms with van der Waals surface area (Å²) in [4.78, 5) is 13.8. The summed E-state index contributed by atoms with van der Waals surface area (Å²) in [5.74, 6) is 0.532. The lowest BCUT2D eigenvalue weighted by Gasteiger charge is -2.32. The molecule has 0 spiro atoms. The molecule has 0 saturated heterocycles. The van der Waals surface area contributed by atoms with Crippen molar-refractivity contribution in [2.45, 2.75) is 32.7 Å². The summed E-state index contributed by atoms with van der Waals surface area (Å²) in [6, 6.07) is 24.9. The summed E-state index contributed by atoms with van der Waals surface area (Å²) in [6.45, 7) is 4.76. The highest BCUT2D eigenvalue weighted by molar-refractivity contribution is 7.80. The number of hydrogen-bond acceptors (Lipinski definition) is 3. The van der Waals surface area contributed by atoms with Crippen molar-refractivity contribution in [2.24, 2.45) is 0 Å². The minimum absolute atomic E-state index is 0.210. The first-order valence-corrected chi connectivity index (χ1v) is 11.9. The quantitative estimate of drug-likeness (QED) is 0.289. The van der Waals surface area contributed by atoms with Crippen LogP contribution in [0.5, 0.6) is 5.75 Å². The number of amides is 1. The lowest BCUT2D eigenvalue weighted by molar-refractivity contribution is -0.113. The molecule has 34 heavy (non-hydrogen) atoms. The lowest BCUT2D eigenvalue weighted by Crippen LogP contribution is -2.45. The van der Waals surface area contributed by atoms with Crippen molar-refractivity contribution >= 4 is 34.6 Å². The monoisotopic (exact) mass is 471 g/mol. The minimum Gasteiger partial charge on any atom is -0.493 e. The first-order chi connectivity index (χ1) is 16.6. The van der Waals surface area contributed by atoms with Crippen molar-refractivity contribution in [3.05, 3.63) is 101 Å². The molecule has 0 bridgehead atoms. The molecule has 3 aromatic rings. The third-order valence-corrected chi connectivity index (χ3v) is 5.89. The van der Waals surface area contributed by atoms with Crippen LogP contribution in [0.1, 0.15) is 42.5 Å². The highest BCUT2D eigenvalue weighted by Crippen LogP contribution is 2.36. The molecule has 1 aliphatic heterocycles. The number of carbonyl (C=O) groups is 1. The van der Waals surface area contributed by atoms with E-state index in [0.29, 0.717) is 23.0 Å². The third-order valence-electron chi connectivity index (χ3n) is 5.67. The van der Waals surface area contributed by atoms with Gasteiger partial charge < -0.3 is 20.7 Å². The first kappa shape index (κ1) is 23.5. The molecule has 0 fully saturated rings. The van der Waals surface area contributed by atoms with Crippen molar-refractivity contribution in [2.75, 3.05) is 11.9 Å². The zero-order valence-corrected chi connectivity index (χ0v) is 20.2. The third kappa shape index (κ3) is 5.46. The van der Waals surface area contributed by atoms with E-state index >= 15 is 0 Å². The van der Waals surface area contributed by atoms with Gasteiger partial charge in [0.2, 0.25) is 0 Å². The Balaban J connectivity index is 1.80. The van der Waals surface area contributed by atoms with Crippen molar-refractivity contribution in [1.29, 1.82) is 0 Å². The van der Waals surface area contributed by atoms with E-state index in [1.807, 2.05) is 85.8 Å². The molecule has 4 rings (SSSR count). The van der Waals surface area contributed by atoms with Gasteiger partial charge in [-0.15, -0.1) is 0 Å². The van der Waals surface area contributed by atoms with Gasteiger partial charge in [-0.2, -0.15) is 0 Å². The van der Waals surface area contributed by atoms with Crippen LogP contribution in [0.4, 0.5) is 5.69 Å². The Morgan fingerprint density at radius 3 is 2.44 bits per heavy atom. The first-order valence-electron chi connectivity index (χ1n) is 11.5. The number of hydrogen-bond donors (Lipinski definition) is 3. The maximum Gasteiger partial charge on any atom is 0.256 e. The molecule has 0 aromatic heterocycles. The fraction of sp³-hybridized carbons (Fsp3) is 0.214. The van der Waals surface area contributed by atoms with Crippen LogP contribution in [0.3, 0.4) is 0 Å². The van der Waals surface area contributed by atoms with Crippen LogP contribution >= 0.6 is 12.2 Å². The Morgan fingerprint density at radius 1 is 1.00 bits per heavy atom. The molecule has 1 aliphatic rings. The molecule has 1 atom stereocenters. The molecule has 0 aliphatic carbocycles. The van der Waals surface area contributed by atoms with E-state index in [9.17, 15) is 4.79 Å². The van der Waals surface area contributed by atoms with Crippen LogP contribution in [0.2, 0.25) is 0 Å². The average molecular weight is 472 g/mol. The Bertz CT molecular complexity index is 1190. The van der Waals surface area contributed by atoms with E-state index in [-0.39, 0.29) is 5.91 Å². The van der Waals surface area contributed by atoms with Crippen molar-refractivity contribution in [3.63, 3.8) is 0 Å². The fourth-order valence-electron chi connectivity index (χ4n) is 3.89. The number of ether oxygens (including phenoxy) is 1. The van der Waals surface area contributed by atoms with Gasteiger partial charge in [-0.25, -0.2) is 0 Å². The predicted molar refractivity (Wildman–Crippen MR) is 142 cm³/mol. The van der Waals surface area contributed by atoms with Gasteiger partial charge in [0.15, 0.2) is 5.11 Å². The van der Waals surface area contributed by atoms with Gasteiger partial charge >= 0.3 is 0 Å². The number of benzene rings is 3. The molecule has 3 N–H and O–H groups in total. The number of rotatable bonds is 8. The molecule has 3 aromatic carbocycles. The number of aryl methyl sites for hydroxylation is 1. The number of anilines is 1. The van der Waals surface area contributed by atoms with Gasteiger partial charge in [0.25, 0.3) is 5.91 Å². The molecular formula is C28H29N3O2S. The molecule has 5 nitrogen and oxygen atoms in total. The number of para-hydroxylation sites is 1. The van der Waals surface area contributed by atoms with Crippen LogP contribution in [-0.2, 0) is 4.79 Å². The Hall–Kier alpha value is -3.64. The predicted octanol–water partition coefficient (Wildman–Crippen LogP) is 5.74. The maximum atomic E-state index is 13.8. The summed E-state index contributed by atoms with van der Waals surface area (Å²) >= 11 is 5.56. The topological polar surface area (TPSA) is 62.4 Å². The highest BCUT2D eigenvalue weighted by atomic mass is 32.1. The summed E-state index contributed by atoms with van der Waals surface area (Å²) in [5.41, 5.74) is 4.84. The molecule has 1 heterocycles. The van der Waals surface area contributed by atoms with Crippen LogP contribution < -0.4 is 20.7 Å². The van der Waals surface area contributed by atoms with E-state index in [2.05, 4.69) is 22.9 Å². The van der Waals surface area contributed by atoms with Crippen molar-refractivity contribution < 1.29 is 9.53 Å². The fourth-order valence-corrected chi connectivity index (χ4v) is 4.11. The van der Waals surface area contributed by atoms with Gasteiger partial charge in [-0.1, -0.05) is 79.6 Å².